The van der Waals surface area contributed by atoms with Crippen molar-refractivity contribution < 1.29 is 4.79 Å². The van der Waals surface area contributed by atoms with Crippen molar-refractivity contribution in [2.45, 2.75) is 44.7 Å². The van der Waals surface area contributed by atoms with Gasteiger partial charge in [-0.1, -0.05) is 0 Å². The molecular weight excluding hydrogens is 276 g/mol. The quantitative estimate of drug-likeness (QED) is 0.791. The van der Waals surface area contributed by atoms with Gasteiger partial charge in [-0.05, 0) is 56.9 Å². The highest BCUT2D eigenvalue weighted by Crippen LogP contribution is 2.22. The molecule has 2 aromatic rings. The molecular formula is C17H22N4O. The topological polar surface area (TPSA) is 94.0 Å². The Morgan fingerprint density at radius 3 is 2.68 bits per heavy atom. The van der Waals surface area contributed by atoms with Gasteiger partial charge in [0.2, 0.25) is 0 Å². The number of aryl methyl sites for hydroxylation is 1. The van der Waals surface area contributed by atoms with Gasteiger partial charge >= 0.3 is 0 Å². The first-order valence-electron chi connectivity index (χ1n) is 7.76. The molecule has 1 amide bonds. The molecule has 0 atom stereocenters. The van der Waals surface area contributed by atoms with Crippen molar-refractivity contribution in [1.82, 2.24) is 10.3 Å². The molecule has 1 aromatic carbocycles. The fraction of sp³-hybridized carbons (Fsp3) is 0.412. The van der Waals surface area contributed by atoms with Crippen molar-refractivity contribution in [2.24, 2.45) is 5.73 Å². The van der Waals surface area contributed by atoms with Crippen LogP contribution in [0.4, 0.5) is 5.69 Å². The first-order chi connectivity index (χ1) is 10.5. The Bertz CT molecular complexity index is 705. The van der Waals surface area contributed by atoms with Crippen LogP contribution in [0.25, 0.3) is 10.9 Å². The number of hydrogen-bond donors (Lipinski definition) is 3. The van der Waals surface area contributed by atoms with Gasteiger partial charge in [0.15, 0.2) is 0 Å². The van der Waals surface area contributed by atoms with E-state index in [1.54, 1.807) is 6.07 Å². The van der Waals surface area contributed by atoms with E-state index in [1.807, 2.05) is 25.1 Å². The van der Waals surface area contributed by atoms with Crippen LogP contribution in [-0.2, 0) is 0 Å². The van der Waals surface area contributed by atoms with Gasteiger partial charge in [0.05, 0.1) is 5.52 Å². The number of anilines is 1. The number of nitrogen functional groups attached to an aromatic ring is 1. The van der Waals surface area contributed by atoms with Crippen LogP contribution >= 0.6 is 0 Å². The molecule has 5 nitrogen and oxygen atoms in total. The van der Waals surface area contributed by atoms with Crippen LogP contribution in [0.5, 0.6) is 0 Å². The number of fused-ring (bicyclic) bond motifs is 1. The van der Waals surface area contributed by atoms with Gasteiger partial charge in [-0.15, -0.1) is 0 Å². The normalized spacial score (nSPS) is 21.7. The third kappa shape index (κ3) is 3.04. The second kappa shape index (κ2) is 5.93. The van der Waals surface area contributed by atoms with E-state index in [0.717, 1.165) is 42.3 Å². The summed E-state index contributed by atoms with van der Waals surface area (Å²) in [5.41, 5.74) is 14.9. The van der Waals surface area contributed by atoms with E-state index in [9.17, 15) is 4.79 Å². The third-order valence-electron chi connectivity index (χ3n) is 4.34. The maximum absolute atomic E-state index is 12.4. The zero-order chi connectivity index (χ0) is 15.7. The zero-order valence-corrected chi connectivity index (χ0v) is 12.8. The van der Waals surface area contributed by atoms with E-state index in [2.05, 4.69) is 10.3 Å². The van der Waals surface area contributed by atoms with E-state index in [0.29, 0.717) is 11.3 Å². The summed E-state index contributed by atoms with van der Waals surface area (Å²) in [6.07, 6.45) is 3.84. The average Bonchev–Trinajstić information content (AvgIpc) is 2.49. The van der Waals surface area contributed by atoms with Gasteiger partial charge in [-0.25, -0.2) is 0 Å². The number of pyridine rings is 1. The van der Waals surface area contributed by atoms with Gasteiger partial charge in [-0.2, -0.15) is 0 Å². The Kier molecular flexibility index (Phi) is 3.98. The number of amides is 1. The van der Waals surface area contributed by atoms with Crippen molar-refractivity contribution in [1.29, 1.82) is 0 Å². The lowest BCUT2D eigenvalue weighted by atomic mass is 9.91. The molecule has 1 aromatic heterocycles. The molecule has 1 heterocycles. The molecule has 5 N–H and O–H groups in total. The maximum atomic E-state index is 12.4. The zero-order valence-electron chi connectivity index (χ0n) is 12.8. The fourth-order valence-electron chi connectivity index (χ4n) is 3.06. The van der Waals surface area contributed by atoms with Crippen molar-refractivity contribution in [3.8, 4) is 0 Å². The molecule has 1 fully saturated rings. The van der Waals surface area contributed by atoms with E-state index >= 15 is 0 Å². The maximum Gasteiger partial charge on any atom is 0.251 e. The Balaban J connectivity index is 1.79. The third-order valence-corrected chi connectivity index (χ3v) is 4.34. The van der Waals surface area contributed by atoms with Crippen molar-refractivity contribution in [3.05, 3.63) is 35.5 Å². The van der Waals surface area contributed by atoms with Crippen LogP contribution in [-0.4, -0.2) is 23.0 Å². The number of nitrogens with two attached hydrogens (primary N) is 2. The predicted octanol–water partition coefficient (Wildman–Crippen LogP) is 2.13. The van der Waals surface area contributed by atoms with Gasteiger partial charge in [0.1, 0.15) is 0 Å². The lowest BCUT2D eigenvalue weighted by Gasteiger charge is -2.26. The minimum Gasteiger partial charge on any atom is -0.398 e. The molecule has 0 aliphatic heterocycles. The second-order valence-corrected chi connectivity index (χ2v) is 6.17. The van der Waals surface area contributed by atoms with Crippen molar-refractivity contribution in [3.63, 3.8) is 0 Å². The first kappa shape index (κ1) is 14.8. The fourth-order valence-corrected chi connectivity index (χ4v) is 3.06. The monoisotopic (exact) mass is 298 g/mol. The Morgan fingerprint density at radius 2 is 1.95 bits per heavy atom. The second-order valence-electron chi connectivity index (χ2n) is 6.17. The summed E-state index contributed by atoms with van der Waals surface area (Å²) in [6.45, 7) is 1.91. The standard InChI is InChI=1S/C17H22N4O/c1-10-8-15(19)14-9-11(2-7-16(14)20-10)17(22)21-13-5-3-12(18)4-6-13/h2,7-9,12-13H,3-6,18H2,1H3,(H2,19,20)(H,21,22). The molecule has 0 spiro atoms. The molecule has 1 saturated carbocycles. The number of carbonyl (C=O) groups is 1. The number of benzene rings is 1. The van der Waals surface area contributed by atoms with Crippen LogP contribution < -0.4 is 16.8 Å². The van der Waals surface area contributed by atoms with Gasteiger partial charge in [0, 0.05) is 34.4 Å². The van der Waals surface area contributed by atoms with Gasteiger partial charge in [-0.3, -0.25) is 9.78 Å². The lowest BCUT2D eigenvalue weighted by Crippen LogP contribution is -2.40. The minimum absolute atomic E-state index is 0.0534. The molecule has 0 saturated heterocycles. The largest absolute Gasteiger partial charge is 0.398 e. The molecule has 116 valence electrons. The number of hydrogen-bond acceptors (Lipinski definition) is 4. The molecule has 3 rings (SSSR count). The summed E-state index contributed by atoms with van der Waals surface area (Å²) in [7, 11) is 0. The lowest BCUT2D eigenvalue weighted by molar-refractivity contribution is 0.0926. The highest BCUT2D eigenvalue weighted by molar-refractivity contribution is 6.00. The SMILES string of the molecule is Cc1cc(N)c2cc(C(=O)NC3CCC(N)CC3)ccc2n1. The molecule has 5 heteroatoms. The van der Waals surface area contributed by atoms with Crippen molar-refractivity contribution >= 4 is 22.5 Å². The molecule has 1 aliphatic rings. The highest BCUT2D eigenvalue weighted by atomic mass is 16.1. The van der Waals surface area contributed by atoms with Crippen molar-refractivity contribution in [2.75, 3.05) is 5.73 Å². The smallest absolute Gasteiger partial charge is 0.251 e. The number of carbonyl (C=O) groups excluding carboxylic acids is 1. The molecule has 0 unspecified atom stereocenters. The van der Waals surface area contributed by atoms with Crippen LogP contribution in [0.1, 0.15) is 41.7 Å². The number of nitrogens with one attached hydrogen (secondary N) is 1. The number of rotatable bonds is 2. The number of nitrogens with zero attached hydrogens (tertiary/aromatic N) is 1. The van der Waals surface area contributed by atoms with E-state index in [4.69, 9.17) is 11.5 Å². The van der Waals surface area contributed by atoms with E-state index in [1.165, 1.54) is 0 Å². The summed E-state index contributed by atoms with van der Waals surface area (Å²) >= 11 is 0. The van der Waals surface area contributed by atoms with Crippen LogP contribution in [0.3, 0.4) is 0 Å². The average molecular weight is 298 g/mol. The summed E-state index contributed by atoms with van der Waals surface area (Å²) < 4.78 is 0. The van der Waals surface area contributed by atoms with E-state index in [-0.39, 0.29) is 18.0 Å². The Morgan fingerprint density at radius 1 is 1.23 bits per heavy atom. The Hall–Kier alpha value is -2.14. The van der Waals surface area contributed by atoms with Gasteiger partial charge < -0.3 is 16.8 Å². The van der Waals surface area contributed by atoms with Crippen LogP contribution in [0.15, 0.2) is 24.3 Å². The number of aromatic nitrogens is 1. The molecule has 0 radical (unpaired) electrons. The summed E-state index contributed by atoms with van der Waals surface area (Å²) in [6, 6.07) is 7.80. The summed E-state index contributed by atoms with van der Waals surface area (Å²) in [4.78, 5) is 16.8. The predicted molar refractivity (Wildman–Crippen MR) is 88.6 cm³/mol. The molecule has 1 aliphatic carbocycles. The van der Waals surface area contributed by atoms with E-state index < -0.39 is 0 Å². The first-order valence-corrected chi connectivity index (χ1v) is 7.76. The minimum atomic E-state index is -0.0534. The van der Waals surface area contributed by atoms with Crippen LogP contribution in [0, 0.1) is 6.92 Å². The molecule has 0 bridgehead atoms. The van der Waals surface area contributed by atoms with Crippen LogP contribution in [0.2, 0.25) is 0 Å². The summed E-state index contributed by atoms with van der Waals surface area (Å²) in [5, 5.41) is 3.92. The Labute approximate surface area is 130 Å². The molecule has 22 heavy (non-hydrogen) atoms. The van der Waals surface area contributed by atoms with Gasteiger partial charge in [0.25, 0.3) is 5.91 Å². The summed E-state index contributed by atoms with van der Waals surface area (Å²) in [5.74, 6) is -0.0534. The highest BCUT2D eigenvalue weighted by Gasteiger charge is 2.20.